The van der Waals surface area contributed by atoms with E-state index >= 15 is 0 Å². The Balaban J connectivity index is 0.00000144. The van der Waals surface area contributed by atoms with E-state index in [1.807, 2.05) is 45.2 Å². The molecule has 0 aliphatic heterocycles. The molecule has 0 radical (unpaired) electrons. The van der Waals surface area contributed by atoms with Crippen LogP contribution in [0.4, 0.5) is 5.69 Å². The average molecular weight is 202 g/mol. The van der Waals surface area contributed by atoms with E-state index in [4.69, 9.17) is 4.74 Å². The molecule has 13 heavy (non-hydrogen) atoms. The molecular formula is C10H16ClNO. The molecule has 0 aliphatic rings. The molecule has 3 heteroatoms. The number of nitrogens with one attached hydrogen (secondary N) is 1. The molecule has 1 N–H and O–H groups in total. The van der Waals surface area contributed by atoms with Gasteiger partial charge in [0.05, 0.1) is 6.10 Å². The third-order valence-electron chi connectivity index (χ3n) is 1.51. The fraction of sp³-hybridized carbons (Fsp3) is 0.400. The van der Waals surface area contributed by atoms with Gasteiger partial charge >= 0.3 is 0 Å². The van der Waals surface area contributed by atoms with Crippen molar-refractivity contribution in [3.05, 3.63) is 24.3 Å². The molecule has 2 nitrogen and oxygen atoms in total. The number of rotatable bonds is 3. The molecule has 0 bridgehead atoms. The molecule has 0 aromatic heterocycles. The Labute approximate surface area is 85.7 Å². The molecule has 1 aromatic carbocycles. The normalized spacial score (nSPS) is 9.23. The molecule has 0 saturated carbocycles. The summed E-state index contributed by atoms with van der Waals surface area (Å²) < 4.78 is 5.49. The summed E-state index contributed by atoms with van der Waals surface area (Å²) in [4.78, 5) is 0. The average Bonchev–Trinajstić information content (AvgIpc) is 2.05. The second-order valence-corrected chi connectivity index (χ2v) is 2.94. The quantitative estimate of drug-likeness (QED) is 0.812. The van der Waals surface area contributed by atoms with E-state index in [2.05, 4.69) is 5.32 Å². The molecule has 1 aromatic rings. The zero-order valence-corrected chi connectivity index (χ0v) is 9.02. The molecule has 74 valence electrons. The van der Waals surface area contributed by atoms with Gasteiger partial charge in [-0.1, -0.05) is 0 Å². The van der Waals surface area contributed by atoms with Gasteiger partial charge in [-0.25, -0.2) is 0 Å². The Kier molecular flexibility index (Phi) is 5.31. The fourth-order valence-electron chi connectivity index (χ4n) is 0.972. The van der Waals surface area contributed by atoms with Crippen LogP contribution in [0.1, 0.15) is 13.8 Å². The van der Waals surface area contributed by atoms with Crippen molar-refractivity contribution in [2.24, 2.45) is 0 Å². The van der Waals surface area contributed by atoms with Gasteiger partial charge in [0, 0.05) is 12.7 Å². The lowest BCUT2D eigenvalue weighted by Crippen LogP contribution is -2.05. The largest absolute Gasteiger partial charge is 0.491 e. The Bertz CT molecular complexity index is 233. The summed E-state index contributed by atoms with van der Waals surface area (Å²) in [5.74, 6) is 0.920. The molecule has 0 unspecified atom stereocenters. The standard InChI is InChI=1S/C10H15NO.ClH/c1-8(2)12-10-6-4-9(11-3)5-7-10;/h4-8,11H,1-3H3;1H. The van der Waals surface area contributed by atoms with Gasteiger partial charge in [-0.2, -0.15) is 0 Å². The van der Waals surface area contributed by atoms with Gasteiger partial charge in [0.2, 0.25) is 0 Å². The molecular weight excluding hydrogens is 186 g/mol. The number of ether oxygens (including phenoxy) is 1. The third-order valence-corrected chi connectivity index (χ3v) is 1.51. The van der Waals surface area contributed by atoms with Gasteiger partial charge in [-0.15, -0.1) is 12.4 Å². The zero-order valence-electron chi connectivity index (χ0n) is 8.20. The van der Waals surface area contributed by atoms with E-state index in [0.717, 1.165) is 11.4 Å². The topological polar surface area (TPSA) is 21.3 Å². The Morgan fingerprint density at radius 2 is 1.69 bits per heavy atom. The molecule has 0 heterocycles. The summed E-state index contributed by atoms with van der Waals surface area (Å²) in [6.45, 7) is 4.04. The maximum absolute atomic E-state index is 5.49. The lowest BCUT2D eigenvalue weighted by molar-refractivity contribution is 0.242. The Morgan fingerprint density at radius 3 is 2.08 bits per heavy atom. The number of halogens is 1. The van der Waals surface area contributed by atoms with Crippen molar-refractivity contribution in [3.63, 3.8) is 0 Å². The van der Waals surface area contributed by atoms with Crippen LogP contribution in [0.3, 0.4) is 0 Å². The molecule has 1 rings (SSSR count). The van der Waals surface area contributed by atoms with E-state index < -0.39 is 0 Å². The maximum atomic E-state index is 5.49. The van der Waals surface area contributed by atoms with Crippen LogP contribution in [0.25, 0.3) is 0 Å². The van der Waals surface area contributed by atoms with Gasteiger partial charge < -0.3 is 10.1 Å². The van der Waals surface area contributed by atoms with Crippen LogP contribution < -0.4 is 10.1 Å². The van der Waals surface area contributed by atoms with E-state index in [0.29, 0.717) is 0 Å². The minimum absolute atomic E-state index is 0. The van der Waals surface area contributed by atoms with Crippen LogP contribution in [-0.2, 0) is 0 Å². The predicted octanol–water partition coefficient (Wildman–Crippen LogP) is 2.94. The van der Waals surface area contributed by atoms with Gasteiger partial charge in [0.1, 0.15) is 5.75 Å². The van der Waals surface area contributed by atoms with E-state index in [1.165, 1.54) is 0 Å². The summed E-state index contributed by atoms with van der Waals surface area (Å²) in [5.41, 5.74) is 1.10. The fourth-order valence-corrected chi connectivity index (χ4v) is 0.972. The monoisotopic (exact) mass is 201 g/mol. The summed E-state index contributed by atoms with van der Waals surface area (Å²) in [6, 6.07) is 7.92. The smallest absolute Gasteiger partial charge is 0.119 e. The minimum atomic E-state index is 0. The van der Waals surface area contributed by atoms with Crippen LogP contribution in [0.5, 0.6) is 5.75 Å². The van der Waals surface area contributed by atoms with Gasteiger partial charge in [0.15, 0.2) is 0 Å². The molecule has 0 atom stereocenters. The molecule has 0 amide bonds. The predicted molar refractivity (Wildman–Crippen MR) is 59.0 cm³/mol. The second-order valence-electron chi connectivity index (χ2n) is 2.94. The van der Waals surface area contributed by atoms with Crippen LogP contribution in [-0.4, -0.2) is 13.2 Å². The van der Waals surface area contributed by atoms with Crippen LogP contribution in [0.2, 0.25) is 0 Å². The highest BCUT2D eigenvalue weighted by Gasteiger charge is 1.95. The van der Waals surface area contributed by atoms with E-state index in [9.17, 15) is 0 Å². The Hall–Kier alpha value is -0.890. The van der Waals surface area contributed by atoms with Crippen molar-refractivity contribution in [3.8, 4) is 5.75 Å². The van der Waals surface area contributed by atoms with Crippen molar-refractivity contribution in [1.82, 2.24) is 0 Å². The zero-order chi connectivity index (χ0) is 8.97. The second kappa shape index (κ2) is 5.70. The SMILES string of the molecule is CNc1ccc(OC(C)C)cc1.Cl. The van der Waals surface area contributed by atoms with Crippen molar-refractivity contribution in [2.45, 2.75) is 20.0 Å². The highest BCUT2D eigenvalue weighted by Crippen LogP contribution is 2.15. The van der Waals surface area contributed by atoms with Crippen LogP contribution in [0.15, 0.2) is 24.3 Å². The number of hydrogen-bond acceptors (Lipinski definition) is 2. The first-order valence-electron chi connectivity index (χ1n) is 4.17. The first kappa shape index (κ1) is 12.1. The lowest BCUT2D eigenvalue weighted by Gasteiger charge is -2.09. The van der Waals surface area contributed by atoms with Gasteiger partial charge in [-0.3, -0.25) is 0 Å². The van der Waals surface area contributed by atoms with E-state index in [-0.39, 0.29) is 18.5 Å². The highest BCUT2D eigenvalue weighted by atomic mass is 35.5. The summed E-state index contributed by atoms with van der Waals surface area (Å²) in [5, 5.41) is 3.05. The van der Waals surface area contributed by atoms with Crippen molar-refractivity contribution in [2.75, 3.05) is 12.4 Å². The van der Waals surface area contributed by atoms with Crippen LogP contribution >= 0.6 is 12.4 Å². The minimum Gasteiger partial charge on any atom is -0.491 e. The van der Waals surface area contributed by atoms with Crippen molar-refractivity contribution >= 4 is 18.1 Å². The maximum Gasteiger partial charge on any atom is 0.119 e. The molecule has 0 spiro atoms. The number of hydrogen-bond donors (Lipinski definition) is 1. The van der Waals surface area contributed by atoms with Crippen molar-refractivity contribution < 1.29 is 4.74 Å². The van der Waals surface area contributed by atoms with Gasteiger partial charge in [-0.05, 0) is 38.1 Å². The lowest BCUT2D eigenvalue weighted by atomic mass is 10.3. The summed E-state index contributed by atoms with van der Waals surface area (Å²) in [6.07, 6.45) is 0.241. The molecule has 0 aliphatic carbocycles. The number of benzene rings is 1. The van der Waals surface area contributed by atoms with Gasteiger partial charge in [0.25, 0.3) is 0 Å². The van der Waals surface area contributed by atoms with E-state index in [1.54, 1.807) is 0 Å². The molecule has 0 fully saturated rings. The third kappa shape index (κ3) is 4.04. The highest BCUT2D eigenvalue weighted by molar-refractivity contribution is 5.85. The summed E-state index contributed by atoms with van der Waals surface area (Å²) in [7, 11) is 1.90. The Morgan fingerprint density at radius 1 is 1.15 bits per heavy atom. The van der Waals surface area contributed by atoms with Crippen molar-refractivity contribution in [1.29, 1.82) is 0 Å². The first-order valence-corrected chi connectivity index (χ1v) is 4.17. The van der Waals surface area contributed by atoms with Crippen LogP contribution in [0, 0.1) is 0 Å². The summed E-state index contributed by atoms with van der Waals surface area (Å²) >= 11 is 0. The number of anilines is 1. The molecule has 0 saturated heterocycles. The first-order chi connectivity index (χ1) is 5.72.